The molecular weight excluding hydrogens is 191 g/mol. The summed E-state index contributed by atoms with van der Waals surface area (Å²) in [5.41, 5.74) is 1.32. The minimum Gasteiger partial charge on any atom is -0.294 e. The van der Waals surface area contributed by atoms with Gasteiger partial charge in [-0.3, -0.25) is 4.79 Å². The van der Waals surface area contributed by atoms with Gasteiger partial charge in [-0.1, -0.05) is 13.8 Å². The van der Waals surface area contributed by atoms with Crippen molar-refractivity contribution >= 4 is 5.78 Å². The first-order chi connectivity index (χ1) is 6.92. The molecule has 0 spiro atoms. The topological polar surface area (TPSA) is 17.1 Å². The molecular formula is C13H15FO. The number of Topliss-reactive ketones (excluding diaryl/α,β-unsaturated/α-hetero) is 1. The molecule has 0 saturated heterocycles. The van der Waals surface area contributed by atoms with Crippen molar-refractivity contribution in [3.05, 3.63) is 35.1 Å². The Morgan fingerprint density at radius 3 is 2.53 bits per heavy atom. The van der Waals surface area contributed by atoms with E-state index >= 15 is 0 Å². The van der Waals surface area contributed by atoms with Gasteiger partial charge in [-0.2, -0.15) is 0 Å². The van der Waals surface area contributed by atoms with Crippen LogP contribution in [-0.4, -0.2) is 5.78 Å². The molecule has 1 aliphatic carbocycles. The van der Waals surface area contributed by atoms with Crippen LogP contribution >= 0.6 is 0 Å². The maximum Gasteiger partial charge on any atom is 0.166 e. The summed E-state index contributed by atoms with van der Waals surface area (Å²) in [4.78, 5) is 12.0. The Hall–Kier alpha value is -1.18. The second-order valence-corrected chi connectivity index (χ2v) is 5.07. The molecule has 0 aromatic heterocycles. The largest absolute Gasteiger partial charge is 0.294 e. The van der Waals surface area contributed by atoms with Crippen LogP contribution in [0.5, 0.6) is 0 Å². The fourth-order valence-corrected chi connectivity index (χ4v) is 1.91. The lowest BCUT2D eigenvalue weighted by Gasteiger charge is -2.04. The van der Waals surface area contributed by atoms with E-state index in [1.165, 1.54) is 6.07 Å². The number of hydrogen-bond acceptors (Lipinski definition) is 1. The maximum atomic E-state index is 13.0. The Balaban J connectivity index is 2.24. The van der Waals surface area contributed by atoms with Gasteiger partial charge in [0.1, 0.15) is 5.82 Å². The van der Waals surface area contributed by atoms with Crippen molar-refractivity contribution in [2.24, 2.45) is 11.3 Å². The van der Waals surface area contributed by atoms with E-state index < -0.39 is 0 Å². The van der Waals surface area contributed by atoms with Gasteiger partial charge in [-0.05, 0) is 42.5 Å². The molecule has 80 valence electrons. The Labute approximate surface area is 89.3 Å². The van der Waals surface area contributed by atoms with Crippen LogP contribution in [0, 0.1) is 24.1 Å². The Bertz CT molecular complexity index is 421. The van der Waals surface area contributed by atoms with Crippen molar-refractivity contribution in [3.63, 3.8) is 0 Å². The maximum absolute atomic E-state index is 13.0. The number of rotatable bonds is 2. The van der Waals surface area contributed by atoms with Crippen LogP contribution in [0.15, 0.2) is 18.2 Å². The summed E-state index contributed by atoms with van der Waals surface area (Å²) in [6.07, 6.45) is 0.947. The van der Waals surface area contributed by atoms with E-state index in [4.69, 9.17) is 0 Å². The molecule has 0 N–H and O–H groups in total. The molecule has 1 atom stereocenters. The smallest absolute Gasteiger partial charge is 0.166 e. The van der Waals surface area contributed by atoms with Gasteiger partial charge in [0.05, 0.1) is 0 Å². The van der Waals surface area contributed by atoms with Crippen molar-refractivity contribution < 1.29 is 9.18 Å². The lowest BCUT2D eigenvalue weighted by Crippen LogP contribution is -2.07. The van der Waals surface area contributed by atoms with Gasteiger partial charge in [-0.15, -0.1) is 0 Å². The summed E-state index contributed by atoms with van der Waals surface area (Å²) < 4.78 is 13.0. The van der Waals surface area contributed by atoms with Gasteiger partial charge in [-0.25, -0.2) is 4.39 Å². The van der Waals surface area contributed by atoms with Gasteiger partial charge in [0, 0.05) is 11.5 Å². The molecule has 1 aliphatic rings. The monoisotopic (exact) mass is 206 g/mol. The normalized spacial score (nSPS) is 22.5. The fourth-order valence-electron chi connectivity index (χ4n) is 1.91. The molecule has 1 saturated carbocycles. The predicted molar refractivity (Wildman–Crippen MR) is 57.4 cm³/mol. The van der Waals surface area contributed by atoms with Crippen molar-refractivity contribution in [2.45, 2.75) is 27.2 Å². The van der Waals surface area contributed by atoms with Crippen LogP contribution in [0.1, 0.15) is 36.2 Å². The predicted octanol–water partition coefficient (Wildman–Crippen LogP) is 3.36. The summed E-state index contributed by atoms with van der Waals surface area (Å²) in [6.45, 7) is 5.86. The third kappa shape index (κ3) is 1.81. The van der Waals surface area contributed by atoms with Crippen LogP contribution in [0.4, 0.5) is 4.39 Å². The first-order valence-electron chi connectivity index (χ1n) is 5.22. The first-order valence-corrected chi connectivity index (χ1v) is 5.22. The zero-order valence-electron chi connectivity index (χ0n) is 9.30. The summed E-state index contributed by atoms with van der Waals surface area (Å²) in [5.74, 6) is 0.0343. The van der Waals surface area contributed by atoms with Crippen LogP contribution in [0.25, 0.3) is 0 Å². The fraction of sp³-hybridized carbons (Fsp3) is 0.462. The SMILES string of the molecule is Cc1cc(C(=O)C2CC2(C)C)ccc1F. The molecule has 0 radical (unpaired) electrons. The van der Waals surface area contributed by atoms with E-state index in [0.29, 0.717) is 11.1 Å². The molecule has 0 amide bonds. The number of aryl methyl sites for hydroxylation is 1. The molecule has 1 unspecified atom stereocenters. The van der Waals surface area contributed by atoms with Crippen LogP contribution in [-0.2, 0) is 0 Å². The first kappa shape index (κ1) is 10.3. The van der Waals surface area contributed by atoms with Crippen molar-refractivity contribution in [1.29, 1.82) is 0 Å². The summed E-state index contributed by atoms with van der Waals surface area (Å²) in [5, 5.41) is 0. The molecule has 15 heavy (non-hydrogen) atoms. The van der Waals surface area contributed by atoms with Crippen LogP contribution < -0.4 is 0 Å². The average Bonchev–Trinajstić information content (AvgIpc) is 2.79. The molecule has 1 fully saturated rings. The van der Waals surface area contributed by atoms with E-state index in [2.05, 4.69) is 13.8 Å². The Morgan fingerprint density at radius 1 is 1.47 bits per heavy atom. The van der Waals surface area contributed by atoms with Gasteiger partial charge >= 0.3 is 0 Å². The molecule has 1 aromatic rings. The van der Waals surface area contributed by atoms with Crippen LogP contribution in [0.3, 0.4) is 0 Å². The second kappa shape index (κ2) is 3.16. The van der Waals surface area contributed by atoms with Crippen molar-refractivity contribution in [1.82, 2.24) is 0 Å². The average molecular weight is 206 g/mol. The van der Waals surface area contributed by atoms with E-state index in [1.807, 2.05) is 0 Å². The minimum absolute atomic E-state index is 0.127. The molecule has 1 aromatic carbocycles. The lowest BCUT2D eigenvalue weighted by molar-refractivity contribution is 0.0953. The molecule has 2 heteroatoms. The Kier molecular flexibility index (Phi) is 2.18. The highest BCUT2D eigenvalue weighted by Crippen LogP contribution is 2.53. The number of carbonyl (C=O) groups is 1. The zero-order chi connectivity index (χ0) is 11.2. The van der Waals surface area contributed by atoms with Gasteiger partial charge in [0.2, 0.25) is 0 Å². The third-order valence-corrected chi connectivity index (χ3v) is 3.27. The highest BCUT2D eigenvalue weighted by atomic mass is 19.1. The lowest BCUT2D eigenvalue weighted by atomic mass is 10.00. The van der Waals surface area contributed by atoms with Gasteiger partial charge < -0.3 is 0 Å². The summed E-state index contributed by atoms with van der Waals surface area (Å²) >= 11 is 0. The zero-order valence-corrected chi connectivity index (χ0v) is 9.30. The van der Waals surface area contributed by atoms with Crippen molar-refractivity contribution in [2.75, 3.05) is 0 Å². The quantitative estimate of drug-likeness (QED) is 0.678. The summed E-state index contributed by atoms with van der Waals surface area (Å²) in [7, 11) is 0. The molecule has 0 heterocycles. The highest BCUT2D eigenvalue weighted by molar-refractivity contribution is 6.00. The van der Waals surface area contributed by atoms with Gasteiger partial charge in [0.15, 0.2) is 5.78 Å². The van der Waals surface area contributed by atoms with Crippen LogP contribution in [0.2, 0.25) is 0 Å². The number of benzene rings is 1. The van der Waals surface area contributed by atoms with E-state index in [9.17, 15) is 9.18 Å². The van der Waals surface area contributed by atoms with E-state index in [0.717, 1.165) is 6.42 Å². The minimum atomic E-state index is -0.249. The van der Waals surface area contributed by atoms with Crippen molar-refractivity contribution in [3.8, 4) is 0 Å². The second-order valence-electron chi connectivity index (χ2n) is 5.07. The molecule has 0 bridgehead atoms. The molecule has 2 rings (SSSR count). The summed E-state index contributed by atoms with van der Waals surface area (Å²) in [6, 6.07) is 4.60. The number of ketones is 1. The molecule has 1 nitrogen and oxygen atoms in total. The standard InChI is InChI=1S/C13H15FO/c1-8-6-9(4-5-11(8)14)12(15)10-7-13(10,2)3/h4-6,10H,7H2,1-3H3. The third-order valence-electron chi connectivity index (χ3n) is 3.27. The number of carbonyl (C=O) groups excluding carboxylic acids is 1. The Morgan fingerprint density at radius 2 is 2.07 bits per heavy atom. The van der Waals surface area contributed by atoms with E-state index in [1.54, 1.807) is 19.1 Å². The van der Waals surface area contributed by atoms with Gasteiger partial charge in [0.25, 0.3) is 0 Å². The van der Waals surface area contributed by atoms with E-state index in [-0.39, 0.29) is 22.9 Å². The molecule has 0 aliphatic heterocycles. The number of halogens is 1. The highest BCUT2D eigenvalue weighted by Gasteiger charge is 2.50. The number of hydrogen-bond donors (Lipinski definition) is 0.